The number of amides is 1. The lowest BCUT2D eigenvalue weighted by atomic mass is 9.98. The Kier molecular flexibility index (Phi) is 6.77. The third-order valence-corrected chi connectivity index (χ3v) is 4.95. The van der Waals surface area contributed by atoms with E-state index in [2.05, 4.69) is 10.6 Å². The van der Waals surface area contributed by atoms with Crippen LogP contribution in [0.25, 0.3) is 0 Å². The highest BCUT2D eigenvalue weighted by molar-refractivity contribution is 8.00. The predicted molar refractivity (Wildman–Crippen MR) is 77.6 cm³/mol. The Morgan fingerprint density at radius 3 is 2.94 bits per heavy atom. The fourth-order valence-electron chi connectivity index (χ4n) is 2.62. The number of carbonyl (C=O) groups is 1. The van der Waals surface area contributed by atoms with Crippen molar-refractivity contribution in [1.82, 2.24) is 10.6 Å². The molecule has 0 aromatic rings. The molecule has 2 heterocycles. The van der Waals surface area contributed by atoms with E-state index in [4.69, 9.17) is 4.74 Å². The zero-order chi connectivity index (χ0) is 12.1. The quantitative estimate of drug-likeness (QED) is 0.800. The Labute approximate surface area is 119 Å². The second-order valence-corrected chi connectivity index (χ2v) is 6.27. The number of rotatable bonds is 5. The zero-order valence-corrected chi connectivity index (χ0v) is 12.5. The number of carbonyl (C=O) groups excluding carboxylic acids is 1. The molecule has 2 aliphatic heterocycles. The van der Waals surface area contributed by atoms with Crippen LogP contribution in [-0.2, 0) is 9.53 Å². The minimum Gasteiger partial charge on any atom is -0.383 e. The van der Waals surface area contributed by atoms with Gasteiger partial charge in [-0.25, -0.2) is 0 Å². The van der Waals surface area contributed by atoms with Gasteiger partial charge in [-0.05, 0) is 38.0 Å². The van der Waals surface area contributed by atoms with Gasteiger partial charge in [-0.15, -0.1) is 24.2 Å². The fraction of sp³-hybridized carbons (Fsp3) is 0.917. The van der Waals surface area contributed by atoms with Gasteiger partial charge in [0.25, 0.3) is 0 Å². The van der Waals surface area contributed by atoms with Crippen molar-refractivity contribution in [1.29, 1.82) is 0 Å². The van der Waals surface area contributed by atoms with Gasteiger partial charge in [0.2, 0.25) is 5.91 Å². The third-order valence-electron chi connectivity index (χ3n) is 3.58. The van der Waals surface area contributed by atoms with E-state index >= 15 is 0 Å². The Balaban J connectivity index is 0.00000162. The molecule has 0 spiro atoms. The van der Waals surface area contributed by atoms with E-state index in [9.17, 15) is 4.79 Å². The second-order valence-electron chi connectivity index (χ2n) is 4.96. The van der Waals surface area contributed by atoms with Crippen molar-refractivity contribution in [2.45, 2.75) is 36.5 Å². The summed E-state index contributed by atoms with van der Waals surface area (Å²) in [4.78, 5) is 11.9. The molecule has 4 nitrogen and oxygen atoms in total. The van der Waals surface area contributed by atoms with E-state index in [1.807, 2.05) is 0 Å². The van der Waals surface area contributed by atoms with Crippen molar-refractivity contribution in [3.8, 4) is 0 Å². The Morgan fingerprint density at radius 1 is 1.56 bits per heavy atom. The van der Waals surface area contributed by atoms with Crippen LogP contribution in [0.3, 0.4) is 0 Å². The second kappa shape index (κ2) is 7.58. The first kappa shape index (κ1) is 16.1. The van der Waals surface area contributed by atoms with Gasteiger partial charge >= 0.3 is 0 Å². The van der Waals surface area contributed by atoms with Crippen LogP contribution in [0.2, 0.25) is 0 Å². The zero-order valence-electron chi connectivity index (χ0n) is 10.9. The molecule has 2 fully saturated rings. The number of ether oxygens (including phenoxy) is 1. The molecule has 6 heteroatoms. The van der Waals surface area contributed by atoms with Crippen LogP contribution in [0.1, 0.15) is 25.7 Å². The highest BCUT2D eigenvalue weighted by Crippen LogP contribution is 2.26. The van der Waals surface area contributed by atoms with Gasteiger partial charge in [0.15, 0.2) is 0 Å². The van der Waals surface area contributed by atoms with E-state index in [1.54, 1.807) is 18.9 Å². The van der Waals surface area contributed by atoms with Crippen molar-refractivity contribution in [3.63, 3.8) is 0 Å². The molecule has 0 saturated carbocycles. The fourth-order valence-corrected chi connectivity index (χ4v) is 3.81. The van der Waals surface area contributed by atoms with Crippen LogP contribution in [-0.4, -0.2) is 49.3 Å². The van der Waals surface area contributed by atoms with Crippen LogP contribution in [0.15, 0.2) is 0 Å². The standard InChI is InChI=1S/C12H22N2O2S.ClH/c1-16-9-12(5-3-6-14-12)8-13-11(15)10-4-2-7-17-10;/h10,14H,2-9H2,1H3,(H,13,15);1H. The summed E-state index contributed by atoms with van der Waals surface area (Å²) in [5, 5.41) is 6.74. The first-order valence-corrected chi connectivity index (χ1v) is 7.44. The summed E-state index contributed by atoms with van der Waals surface area (Å²) in [6, 6.07) is 0. The van der Waals surface area contributed by atoms with Gasteiger partial charge in [-0.1, -0.05) is 0 Å². The van der Waals surface area contributed by atoms with Crippen molar-refractivity contribution < 1.29 is 9.53 Å². The Hall–Kier alpha value is 0.0300. The topological polar surface area (TPSA) is 50.4 Å². The van der Waals surface area contributed by atoms with E-state index in [1.165, 1.54) is 6.42 Å². The smallest absolute Gasteiger partial charge is 0.233 e. The molecule has 1 amide bonds. The number of methoxy groups -OCH3 is 1. The van der Waals surface area contributed by atoms with Gasteiger partial charge in [-0.2, -0.15) is 0 Å². The monoisotopic (exact) mass is 294 g/mol. The first-order chi connectivity index (χ1) is 8.26. The number of hydrogen-bond acceptors (Lipinski definition) is 4. The highest BCUT2D eigenvalue weighted by atomic mass is 35.5. The molecule has 2 saturated heterocycles. The molecule has 2 rings (SSSR count). The summed E-state index contributed by atoms with van der Waals surface area (Å²) in [5.74, 6) is 1.33. The van der Waals surface area contributed by atoms with Gasteiger partial charge in [-0.3, -0.25) is 4.79 Å². The molecule has 2 atom stereocenters. The molecule has 2 aliphatic rings. The molecule has 2 N–H and O–H groups in total. The number of hydrogen-bond donors (Lipinski definition) is 2. The van der Waals surface area contributed by atoms with Gasteiger partial charge in [0, 0.05) is 13.7 Å². The lowest BCUT2D eigenvalue weighted by Crippen LogP contribution is -2.53. The van der Waals surface area contributed by atoms with Crippen LogP contribution >= 0.6 is 24.2 Å². The maximum Gasteiger partial charge on any atom is 0.233 e. The van der Waals surface area contributed by atoms with Gasteiger partial charge < -0.3 is 15.4 Å². The average molecular weight is 295 g/mol. The number of nitrogens with one attached hydrogen (secondary N) is 2. The van der Waals surface area contributed by atoms with Crippen LogP contribution in [0, 0.1) is 0 Å². The summed E-state index contributed by atoms with van der Waals surface area (Å²) in [7, 11) is 1.72. The van der Waals surface area contributed by atoms with Gasteiger partial charge in [0.05, 0.1) is 17.4 Å². The average Bonchev–Trinajstić information content (AvgIpc) is 2.98. The van der Waals surface area contributed by atoms with Crippen molar-refractivity contribution in [2.24, 2.45) is 0 Å². The molecule has 0 radical (unpaired) electrons. The van der Waals surface area contributed by atoms with Crippen LogP contribution in [0.4, 0.5) is 0 Å². The highest BCUT2D eigenvalue weighted by Gasteiger charge is 2.34. The van der Waals surface area contributed by atoms with E-state index in [0.717, 1.165) is 31.6 Å². The van der Waals surface area contributed by atoms with Gasteiger partial charge in [0.1, 0.15) is 0 Å². The molecule has 18 heavy (non-hydrogen) atoms. The lowest BCUT2D eigenvalue weighted by Gasteiger charge is -2.29. The maximum absolute atomic E-state index is 11.9. The van der Waals surface area contributed by atoms with Crippen molar-refractivity contribution in [3.05, 3.63) is 0 Å². The molecule has 0 aromatic carbocycles. The molecule has 2 unspecified atom stereocenters. The molecule has 0 aliphatic carbocycles. The van der Waals surface area contributed by atoms with Crippen LogP contribution < -0.4 is 10.6 Å². The third kappa shape index (κ3) is 4.02. The van der Waals surface area contributed by atoms with Crippen molar-refractivity contribution in [2.75, 3.05) is 32.6 Å². The largest absolute Gasteiger partial charge is 0.383 e. The summed E-state index contributed by atoms with van der Waals surface area (Å²) in [6.45, 7) is 2.39. The molecule has 0 aromatic heterocycles. The summed E-state index contributed by atoms with van der Waals surface area (Å²) in [5.41, 5.74) is -0.0340. The van der Waals surface area contributed by atoms with E-state index < -0.39 is 0 Å². The Bertz CT molecular complexity index is 267. The summed E-state index contributed by atoms with van der Waals surface area (Å²) in [6.07, 6.45) is 4.45. The normalized spacial score (nSPS) is 31.1. The minimum atomic E-state index is -0.0340. The molecular formula is C12H23ClN2O2S. The minimum absolute atomic E-state index is 0. The van der Waals surface area contributed by atoms with E-state index in [-0.39, 0.29) is 29.1 Å². The maximum atomic E-state index is 11.9. The predicted octanol–water partition coefficient (Wildman–Crippen LogP) is 1.19. The molecular weight excluding hydrogens is 272 g/mol. The van der Waals surface area contributed by atoms with Crippen LogP contribution in [0.5, 0.6) is 0 Å². The number of halogens is 1. The number of thioether (sulfide) groups is 1. The molecule has 0 bridgehead atoms. The summed E-state index contributed by atoms with van der Waals surface area (Å²) < 4.78 is 5.27. The molecule has 106 valence electrons. The van der Waals surface area contributed by atoms with Crippen molar-refractivity contribution >= 4 is 30.1 Å². The van der Waals surface area contributed by atoms with E-state index in [0.29, 0.717) is 13.2 Å². The first-order valence-electron chi connectivity index (χ1n) is 6.39. The Morgan fingerprint density at radius 2 is 2.39 bits per heavy atom. The summed E-state index contributed by atoms with van der Waals surface area (Å²) >= 11 is 1.78. The lowest BCUT2D eigenvalue weighted by molar-refractivity contribution is -0.121. The SMILES string of the molecule is COCC1(CNC(=O)C2CCCS2)CCCN1.Cl.